The van der Waals surface area contributed by atoms with Crippen molar-refractivity contribution in [1.82, 2.24) is 19.1 Å². The first-order chi connectivity index (χ1) is 17.0. The van der Waals surface area contributed by atoms with Crippen LogP contribution in [0.2, 0.25) is 0 Å². The molecule has 9 heteroatoms. The maximum absolute atomic E-state index is 13.3. The maximum atomic E-state index is 13.3. The Morgan fingerprint density at radius 2 is 1.77 bits per heavy atom. The van der Waals surface area contributed by atoms with Gasteiger partial charge >= 0.3 is 0 Å². The van der Waals surface area contributed by atoms with E-state index in [-0.39, 0.29) is 10.8 Å². The molecule has 178 valence electrons. The normalized spacial score (nSPS) is 14.2. The molecule has 0 spiro atoms. The van der Waals surface area contributed by atoms with Crippen LogP contribution in [-0.4, -0.2) is 46.5 Å². The van der Waals surface area contributed by atoms with E-state index in [0.29, 0.717) is 36.6 Å². The largest absolute Gasteiger partial charge is 0.322 e. The molecule has 1 aliphatic rings. The molecule has 2 aromatic heterocycles. The molecule has 0 unspecified atom stereocenters. The lowest BCUT2D eigenvalue weighted by Crippen LogP contribution is -2.27. The standard InChI is InChI=1S/C26H25N5O3S/c32-26(28-22-11-6-12-23(16-22)35(33,34)31-14-4-5-15-31)24-19-30(18-20-8-2-1-3-9-20)29-25(24)21-10-7-13-27-17-21/h1-3,6-13,16-17,19H,4-5,14-15,18H2,(H,28,32). The number of anilines is 1. The molecule has 3 heterocycles. The Kier molecular flexibility index (Phi) is 6.43. The molecule has 5 rings (SSSR count). The average molecular weight is 488 g/mol. The van der Waals surface area contributed by atoms with Gasteiger partial charge in [0.2, 0.25) is 10.0 Å². The number of nitrogens with zero attached hydrogens (tertiary/aromatic N) is 4. The van der Waals surface area contributed by atoms with Crippen molar-refractivity contribution in [1.29, 1.82) is 0 Å². The van der Waals surface area contributed by atoms with Crippen LogP contribution in [0.1, 0.15) is 28.8 Å². The SMILES string of the molecule is O=C(Nc1cccc(S(=O)(=O)N2CCCC2)c1)c1cn(Cc2ccccc2)nc1-c1cccnc1. The van der Waals surface area contributed by atoms with Crippen LogP contribution in [0, 0.1) is 0 Å². The fraction of sp³-hybridized carbons (Fsp3) is 0.192. The number of hydrogen-bond donors (Lipinski definition) is 1. The molecule has 1 fully saturated rings. The Morgan fingerprint density at radius 3 is 2.51 bits per heavy atom. The Bertz CT molecular complexity index is 1430. The molecule has 0 radical (unpaired) electrons. The highest BCUT2D eigenvalue weighted by atomic mass is 32.2. The van der Waals surface area contributed by atoms with Gasteiger partial charge in [0.05, 0.1) is 17.0 Å². The van der Waals surface area contributed by atoms with E-state index in [1.165, 1.54) is 10.4 Å². The third-order valence-electron chi connectivity index (χ3n) is 5.92. The lowest BCUT2D eigenvalue weighted by molar-refractivity contribution is 0.102. The van der Waals surface area contributed by atoms with Crippen LogP contribution in [-0.2, 0) is 16.6 Å². The second-order valence-electron chi connectivity index (χ2n) is 8.41. The van der Waals surface area contributed by atoms with Gasteiger partial charge in [-0.15, -0.1) is 0 Å². The monoisotopic (exact) mass is 487 g/mol. The summed E-state index contributed by atoms with van der Waals surface area (Å²) in [4.78, 5) is 17.7. The molecular formula is C26H25N5O3S. The number of carbonyl (C=O) groups is 1. The summed E-state index contributed by atoms with van der Waals surface area (Å²) in [6, 6.07) is 19.9. The number of carbonyl (C=O) groups excluding carboxylic acids is 1. The Labute approximate surface area is 204 Å². The fourth-order valence-corrected chi connectivity index (χ4v) is 5.73. The minimum atomic E-state index is -3.59. The number of pyridine rings is 1. The fourth-order valence-electron chi connectivity index (χ4n) is 4.17. The van der Waals surface area contributed by atoms with Crippen molar-refractivity contribution in [3.63, 3.8) is 0 Å². The predicted molar refractivity (Wildman–Crippen MR) is 133 cm³/mol. The van der Waals surface area contributed by atoms with Crippen LogP contribution in [0.25, 0.3) is 11.3 Å². The van der Waals surface area contributed by atoms with E-state index < -0.39 is 10.0 Å². The number of nitrogens with one attached hydrogen (secondary N) is 1. The lowest BCUT2D eigenvalue weighted by atomic mass is 10.1. The molecular weight excluding hydrogens is 462 g/mol. The number of benzene rings is 2. The summed E-state index contributed by atoms with van der Waals surface area (Å²) in [5.74, 6) is -0.376. The molecule has 0 aliphatic carbocycles. The van der Waals surface area contributed by atoms with Crippen LogP contribution >= 0.6 is 0 Å². The van der Waals surface area contributed by atoms with Crippen molar-refractivity contribution >= 4 is 21.6 Å². The third kappa shape index (κ3) is 5.01. The molecule has 0 atom stereocenters. The Balaban J connectivity index is 1.44. The predicted octanol–water partition coefficient (Wildman–Crippen LogP) is 4.03. The van der Waals surface area contributed by atoms with Gasteiger partial charge in [0.15, 0.2) is 0 Å². The molecule has 0 bridgehead atoms. The molecule has 0 saturated carbocycles. The molecule has 1 saturated heterocycles. The zero-order valence-corrected chi connectivity index (χ0v) is 19.9. The summed E-state index contributed by atoms with van der Waals surface area (Å²) in [6.45, 7) is 1.55. The highest BCUT2D eigenvalue weighted by Crippen LogP contribution is 2.26. The number of aromatic nitrogens is 3. The molecule has 4 aromatic rings. The van der Waals surface area contributed by atoms with Crippen molar-refractivity contribution < 1.29 is 13.2 Å². The second kappa shape index (κ2) is 9.81. The number of hydrogen-bond acceptors (Lipinski definition) is 5. The van der Waals surface area contributed by atoms with Crippen molar-refractivity contribution in [2.75, 3.05) is 18.4 Å². The van der Waals surface area contributed by atoms with E-state index in [1.807, 2.05) is 36.4 Å². The smallest absolute Gasteiger partial charge is 0.259 e. The van der Waals surface area contributed by atoms with Gasteiger partial charge in [-0.3, -0.25) is 14.5 Å². The summed E-state index contributed by atoms with van der Waals surface area (Å²) < 4.78 is 29.1. The van der Waals surface area contributed by atoms with Crippen LogP contribution in [0.15, 0.2) is 90.2 Å². The van der Waals surface area contributed by atoms with Gasteiger partial charge in [-0.1, -0.05) is 36.4 Å². The highest BCUT2D eigenvalue weighted by Gasteiger charge is 2.27. The minimum Gasteiger partial charge on any atom is -0.322 e. The van der Waals surface area contributed by atoms with Crippen LogP contribution in [0.4, 0.5) is 5.69 Å². The van der Waals surface area contributed by atoms with E-state index in [9.17, 15) is 13.2 Å². The molecule has 1 amide bonds. The Morgan fingerprint density at radius 1 is 0.971 bits per heavy atom. The van der Waals surface area contributed by atoms with E-state index in [2.05, 4.69) is 15.4 Å². The van der Waals surface area contributed by atoms with Gasteiger partial charge < -0.3 is 5.32 Å². The van der Waals surface area contributed by atoms with Crippen molar-refractivity contribution in [3.05, 3.63) is 96.4 Å². The van der Waals surface area contributed by atoms with Gasteiger partial charge in [0.1, 0.15) is 5.69 Å². The average Bonchev–Trinajstić information content (AvgIpc) is 3.57. The van der Waals surface area contributed by atoms with Gasteiger partial charge in [-0.25, -0.2) is 8.42 Å². The molecule has 1 N–H and O–H groups in total. The quantitative estimate of drug-likeness (QED) is 0.425. The summed E-state index contributed by atoms with van der Waals surface area (Å²) in [5.41, 5.74) is 3.06. The summed E-state index contributed by atoms with van der Waals surface area (Å²) in [7, 11) is -3.59. The van der Waals surface area contributed by atoms with Crippen LogP contribution in [0.5, 0.6) is 0 Å². The zero-order chi connectivity index (χ0) is 24.3. The zero-order valence-electron chi connectivity index (χ0n) is 19.0. The minimum absolute atomic E-state index is 0.171. The van der Waals surface area contributed by atoms with Crippen molar-refractivity contribution in [2.45, 2.75) is 24.3 Å². The third-order valence-corrected chi connectivity index (χ3v) is 7.82. The van der Waals surface area contributed by atoms with Crippen LogP contribution < -0.4 is 5.32 Å². The lowest BCUT2D eigenvalue weighted by Gasteiger charge is -2.16. The first-order valence-corrected chi connectivity index (χ1v) is 12.9. The molecule has 35 heavy (non-hydrogen) atoms. The second-order valence-corrected chi connectivity index (χ2v) is 10.3. The first kappa shape index (κ1) is 22.9. The van der Waals surface area contributed by atoms with Gasteiger partial charge in [-0.05, 0) is 48.7 Å². The van der Waals surface area contributed by atoms with Crippen LogP contribution in [0.3, 0.4) is 0 Å². The molecule has 8 nitrogen and oxygen atoms in total. The Hall–Kier alpha value is -3.82. The van der Waals surface area contributed by atoms with Gasteiger partial charge in [0.25, 0.3) is 5.91 Å². The van der Waals surface area contributed by atoms with Crippen molar-refractivity contribution in [2.24, 2.45) is 0 Å². The molecule has 2 aromatic carbocycles. The van der Waals surface area contributed by atoms with E-state index in [0.717, 1.165) is 24.0 Å². The number of amides is 1. The van der Waals surface area contributed by atoms with E-state index in [1.54, 1.807) is 47.5 Å². The van der Waals surface area contributed by atoms with E-state index >= 15 is 0 Å². The number of sulfonamides is 1. The van der Waals surface area contributed by atoms with Crippen molar-refractivity contribution in [3.8, 4) is 11.3 Å². The molecule has 1 aliphatic heterocycles. The first-order valence-electron chi connectivity index (χ1n) is 11.4. The highest BCUT2D eigenvalue weighted by molar-refractivity contribution is 7.89. The summed E-state index contributed by atoms with van der Waals surface area (Å²) in [6.07, 6.45) is 6.75. The van der Waals surface area contributed by atoms with E-state index in [4.69, 9.17) is 0 Å². The summed E-state index contributed by atoms with van der Waals surface area (Å²) in [5, 5.41) is 7.51. The van der Waals surface area contributed by atoms with Gasteiger partial charge in [-0.2, -0.15) is 9.40 Å². The van der Waals surface area contributed by atoms with Gasteiger partial charge in [0, 0.05) is 42.9 Å². The number of rotatable bonds is 7. The maximum Gasteiger partial charge on any atom is 0.259 e. The summed E-state index contributed by atoms with van der Waals surface area (Å²) >= 11 is 0. The topological polar surface area (TPSA) is 97.2 Å².